The molecule has 6 heteroatoms. The van der Waals surface area contributed by atoms with Gasteiger partial charge in [0, 0.05) is 11.1 Å². The second kappa shape index (κ2) is 5.01. The number of rotatable bonds is 2. The zero-order chi connectivity index (χ0) is 14.9. The van der Waals surface area contributed by atoms with Crippen LogP contribution >= 0.6 is 0 Å². The van der Waals surface area contributed by atoms with Gasteiger partial charge in [-0.15, -0.1) is 0 Å². The molecule has 0 fully saturated rings. The van der Waals surface area contributed by atoms with Gasteiger partial charge in [0.2, 0.25) is 5.72 Å². The molecule has 0 aliphatic carbocycles. The summed E-state index contributed by atoms with van der Waals surface area (Å²) in [5, 5.41) is 15.9. The number of urea groups is 1. The molecule has 1 heterocycles. The highest BCUT2D eigenvalue weighted by Crippen LogP contribution is 2.30. The van der Waals surface area contributed by atoms with Crippen LogP contribution in [0.3, 0.4) is 0 Å². The molecular formula is C15H14N4O2. The predicted molar refractivity (Wildman–Crippen MR) is 77.9 cm³/mol. The van der Waals surface area contributed by atoms with Crippen LogP contribution in [0.1, 0.15) is 11.1 Å². The minimum absolute atomic E-state index is 0.261. The maximum atomic E-state index is 11.8. The lowest BCUT2D eigenvalue weighted by atomic mass is 9.91. The van der Waals surface area contributed by atoms with Gasteiger partial charge < -0.3 is 5.11 Å². The van der Waals surface area contributed by atoms with Crippen molar-refractivity contribution in [2.45, 2.75) is 5.72 Å². The van der Waals surface area contributed by atoms with Gasteiger partial charge in [-0.25, -0.2) is 21.1 Å². The second-order valence-corrected chi connectivity index (χ2v) is 4.65. The standard InChI is InChI=1S/C15H14N4O2/c16-19-14(20)18-17-13(11-7-3-1-4-8-11)15(19,21)12-9-5-2-6-10-12/h1-10,21H,16H2,(H,18,20). The lowest BCUT2D eigenvalue weighted by Gasteiger charge is -2.39. The van der Waals surface area contributed by atoms with Gasteiger partial charge in [-0.3, -0.25) is 0 Å². The highest BCUT2D eigenvalue weighted by molar-refractivity contribution is 6.09. The molecule has 2 amide bonds. The maximum absolute atomic E-state index is 11.8. The van der Waals surface area contributed by atoms with Crippen LogP contribution in [-0.2, 0) is 5.72 Å². The van der Waals surface area contributed by atoms with E-state index in [-0.39, 0.29) is 5.71 Å². The van der Waals surface area contributed by atoms with Gasteiger partial charge in [-0.2, -0.15) is 5.10 Å². The highest BCUT2D eigenvalue weighted by atomic mass is 16.3. The molecule has 0 saturated heterocycles. The normalized spacial score (nSPS) is 21.7. The van der Waals surface area contributed by atoms with E-state index in [1.807, 2.05) is 24.3 Å². The Kier molecular flexibility index (Phi) is 3.17. The quantitative estimate of drug-likeness (QED) is 0.569. The summed E-state index contributed by atoms with van der Waals surface area (Å²) in [6.07, 6.45) is 0. The maximum Gasteiger partial charge on any atom is 0.355 e. The Bertz CT molecular complexity index is 687. The molecule has 3 rings (SSSR count). The molecule has 0 aromatic heterocycles. The number of hydrogen-bond donors (Lipinski definition) is 3. The SMILES string of the molecule is NN1C(=O)NN=C(c2ccccc2)C1(O)c1ccccc1. The lowest BCUT2D eigenvalue weighted by Crippen LogP contribution is -2.63. The van der Waals surface area contributed by atoms with Crippen molar-refractivity contribution in [1.29, 1.82) is 0 Å². The molecule has 1 aliphatic heterocycles. The molecule has 21 heavy (non-hydrogen) atoms. The molecular weight excluding hydrogens is 268 g/mol. The zero-order valence-electron chi connectivity index (χ0n) is 11.1. The summed E-state index contributed by atoms with van der Waals surface area (Å²) in [5.41, 5.74) is 1.86. The minimum Gasteiger partial charge on any atom is -0.361 e. The van der Waals surface area contributed by atoms with Gasteiger partial charge in [-0.1, -0.05) is 60.7 Å². The summed E-state index contributed by atoms with van der Waals surface area (Å²) in [7, 11) is 0. The summed E-state index contributed by atoms with van der Waals surface area (Å²) in [4.78, 5) is 11.8. The van der Waals surface area contributed by atoms with Crippen molar-refractivity contribution in [1.82, 2.24) is 10.4 Å². The molecule has 2 aromatic rings. The molecule has 0 radical (unpaired) electrons. The van der Waals surface area contributed by atoms with Crippen molar-refractivity contribution in [2.75, 3.05) is 0 Å². The predicted octanol–water partition coefficient (Wildman–Crippen LogP) is 1.13. The summed E-state index contributed by atoms with van der Waals surface area (Å²) < 4.78 is 0. The first kappa shape index (κ1) is 13.3. The molecule has 0 bridgehead atoms. The Hall–Kier alpha value is -2.70. The Balaban J connectivity index is 2.19. The molecule has 0 saturated carbocycles. The van der Waals surface area contributed by atoms with Gasteiger partial charge in [0.1, 0.15) is 5.71 Å². The number of hydrazine groups is 1. The van der Waals surface area contributed by atoms with E-state index in [4.69, 9.17) is 5.84 Å². The largest absolute Gasteiger partial charge is 0.361 e. The molecule has 0 spiro atoms. The van der Waals surface area contributed by atoms with Crippen molar-refractivity contribution in [3.63, 3.8) is 0 Å². The van der Waals surface area contributed by atoms with Crippen molar-refractivity contribution in [2.24, 2.45) is 10.9 Å². The Morgan fingerprint density at radius 2 is 1.62 bits per heavy atom. The third kappa shape index (κ3) is 2.06. The number of nitrogens with zero attached hydrogens (tertiary/aromatic N) is 2. The van der Waals surface area contributed by atoms with Gasteiger partial charge in [0.25, 0.3) is 0 Å². The van der Waals surface area contributed by atoms with Gasteiger partial charge in [0.05, 0.1) is 0 Å². The van der Waals surface area contributed by atoms with E-state index in [9.17, 15) is 9.90 Å². The Morgan fingerprint density at radius 1 is 1.05 bits per heavy atom. The van der Waals surface area contributed by atoms with Gasteiger partial charge in [-0.05, 0) is 0 Å². The third-order valence-electron chi connectivity index (χ3n) is 3.38. The van der Waals surface area contributed by atoms with Crippen molar-refractivity contribution in [3.05, 3.63) is 71.8 Å². The van der Waals surface area contributed by atoms with Crippen LogP contribution in [0, 0.1) is 0 Å². The topological polar surface area (TPSA) is 91.0 Å². The van der Waals surface area contributed by atoms with E-state index in [2.05, 4.69) is 10.5 Å². The van der Waals surface area contributed by atoms with Crippen molar-refractivity contribution >= 4 is 11.7 Å². The summed E-state index contributed by atoms with van der Waals surface area (Å²) in [5.74, 6) is 5.81. The number of nitrogens with one attached hydrogen (secondary N) is 1. The van der Waals surface area contributed by atoms with Crippen LogP contribution < -0.4 is 11.3 Å². The second-order valence-electron chi connectivity index (χ2n) is 4.65. The van der Waals surface area contributed by atoms with Gasteiger partial charge in [0.15, 0.2) is 0 Å². The highest BCUT2D eigenvalue weighted by Gasteiger charge is 2.46. The van der Waals surface area contributed by atoms with E-state index >= 15 is 0 Å². The Morgan fingerprint density at radius 3 is 2.24 bits per heavy atom. The fourth-order valence-electron chi connectivity index (χ4n) is 2.30. The summed E-state index contributed by atoms with van der Waals surface area (Å²) >= 11 is 0. The molecule has 1 atom stereocenters. The Labute approximate surface area is 121 Å². The first-order valence-electron chi connectivity index (χ1n) is 6.40. The van der Waals surface area contributed by atoms with E-state index in [1.54, 1.807) is 36.4 Å². The fraction of sp³-hybridized carbons (Fsp3) is 0.0667. The number of benzene rings is 2. The summed E-state index contributed by atoms with van der Waals surface area (Å²) in [6.45, 7) is 0. The number of nitrogens with two attached hydrogens (primary N) is 1. The number of carbonyl (C=O) groups excluding carboxylic acids is 1. The third-order valence-corrected chi connectivity index (χ3v) is 3.38. The van der Waals surface area contributed by atoms with E-state index in [0.717, 1.165) is 5.01 Å². The molecule has 6 nitrogen and oxygen atoms in total. The first-order valence-corrected chi connectivity index (χ1v) is 6.40. The molecule has 1 aliphatic rings. The van der Waals surface area contributed by atoms with E-state index in [0.29, 0.717) is 11.1 Å². The molecule has 1 unspecified atom stereocenters. The fourth-order valence-corrected chi connectivity index (χ4v) is 2.30. The molecule has 4 N–H and O–H groups in total. The number of carbonyl (C=O) groups is 1. The molecule has 2 aromatic carbocycles. The zero-order valence-corrected chi connectivity index (χ0v) is 11.1. The number of hydrazone groups is 1. The average molecular weight is 282 g/mol. The van der Waals surface area contributed by atoms with E-state index in [1.165, 1.54) is 0 Å². The van der Waals surface area contributed by atoms with Crippen molar-refractivity contribution < 1.29 is 9.90 Å². The number of hydrogen-bond acceptors (Lipinski definition) is 4. The van der Waals surface area contributed by atoms with Crippen LogP contribution in [0.25, 0.3) is 0 Å². The average Bonchev–Trinajstić information content (AvgIpc) is 2.54. The van der Waals surface area contributed by atoms with E-state index < -0.39 is 11.8 Å². The number of aliphatic hydroxyl groups is 1. The van der Waals surface area contributed by atoms with Crippen LogP contribution in [0.2, 0.25) is 0 Å². The van der Waals surface area contributed by atoms with Crippen LogP contribution in [0.5, 0.6) is 0 Å². The number of amides is 2. The van der Waals surface area contributed by atoms with Crippen LogP contribution in [-0.4, -0.2) is 21.9 Å². The van der Waals surface area contributed by atoms with Gasteiger partial charge >= 0.3 is 6.03 Å². The lowest BCUT2D eigenvalue weighted by molar-refractivity contribution is -0.0330. The molecule has 106 valence electrons. The minimum atomic E-state index is -1.83. The summed E-state index contributed by atoms with van der Waals surface area (Å²) in [6, 6.07) is 17.1. The van der Waals surface area contributed by atoms with Crippen LogP contribution in [0.15, 0.2) is 65.8 Å². The first-order chi connectivity index (χ1) is 10.1. The monoisotopic (exact) mass is 282 g/mol. The van der Waals surface area contributed by atoms with Crippen molar-refractivity contribution in [3.8, 4) is 0 Å². The smallest absolute Gasteiger partial charge is 0.355 e. The van der Waals surface area contributed by atoms with Crippen LogP contribution in [0.4, 0.5) is 4.79 Å².